The van der Waals surface area contributed by atoms with Gasteiger partial charge in [0.05, 0.1) is 6.26 Å². The normalized spacial score (nSPS) is 19.3. The van der Waals surface area contributed by atoms with Crippen LogP contribution in [0.2, 0.25) is 0 Å². The SMILES string of the molecule is Cc1cc(C)c(Oc2nc(N3CCC4(CN(C(=O)C5CC5)C4)C3)ccc2NS(C)(=O)=O)c(C)c1. The van der Waals surface area contributed by atoms with Gasteiger partial charge in [0, 0.05) is 37.5 Å². The summed E-state index contributed by atoms with van der Waals surface area (Å²) in [7, 11) is -3.50. The predicted molar refractivity (Wildman–Crippen MR) is 132 cm³/mol. The summed E-state index contributed by atoms with van der Waals surface area (Å²) in [6, 6.07) is 7.61. The van der Waals surface area contributed by atoms with Gasteiger partial charge in [-0.2, -0.15) is 4.98 Å². The predicted octanol–water partition coefficient (Wildman–Crippen LogP) is 3.62. The van der Waals surface area contributed by atoms with Gasteiger partial charge >= 0.3 is 0 Å². The summed E-state index contributed by atoms with van der Waals surface area (Å²) in [5.41, 5.74) is 3.50. The Morgan fingerprint density at radius 1 is 1.12 bits per heavy atom. The van der Waals surface area contributed by atoms with Gasteiger partial charge in [-0.15, -0.1) is 0 Å². The zero-order valence-corrected chi connectivity index (χ0v) is 21.0. The molecule has 1 aliphatic carbocycles. The first-order valence-electron chi connectivity index (χ1n) is 11.8. The number of aromatic nitrogens is 1. The van der Waals surface area contributed by atoms with Crippen LogP contribution in [0.3, 0.4) is 0 Å². The second kappa shape index (κ2) is 8.15. The Bertz CT molecular complexity index is 1230. The van der Waals surface area contributed by atoms with Crippen LogP contribution < -0.4 is 14.4 Å². The monoisotopic (exact) mass is 484 g/mol. The van der Waals surface area contributed by atoms with Crippen molar-refractivity contribution in [1.82, 2.24) is 9.88 Å². The number of ether oxygens (including phenoxy) is 1. The lowest BCUT2D eigenvalue weighted by Crippen LogP contribution is -2.59. The first kappa shape index (κ1) is 23.0. The standard InChI is InChI=1S/C25H32N4O4S/c1-16-11-17(2)22(18(3)12-16)33-23-20(27-34(4,31)32)7-8-21(26-23)28-10-9-25(13-28)14-29(15-25)24(30)19-5-6-19/h7-8,11-12,19,27H,5-6,9-10,13-15H2,1-4H3. The van der Waals surface area contributed by atoms with E-state index in [1.165, 1.54) is 0 Å². The van der Waals surface area contributed by atoms with Crippen LogP contribution in [0.4, 0.5) is 11.5 Å². The molecule has 3 fully saturated rings. The molecule has 9 heteroatoms. The second-order valence-electron chi connectivity index (χ2n) is 10.4. The number of amides is 1. The van der Waals surface area contributed by atoms with E-state index < -0.39 is 10.0 Å². The molecule has 34 heavy (non-hydrogen) atoms. The van der Waals surface area contributed by atoms with Crippen molar-refractivity contribution < 1.29 is 17.9 Å². The Labute approximate surface area is 201 Å². The van der Waals surface area contributed by atoms with Crippen LogP contribution in [-0.2, 0) is 14.8 Å². The number of nitrogens with zero attached hydrogens (tertiary/aromatic N) is 3. The molecule has 0 atom stereocenters. The summed E-state index contributed by atoms with van der Waals surface area (Å²) in [6.45, 7) is 9.28. The third-order valence-electron chi connectivity index (χ3n) is 7.00. The number of benzene rings is 1. The van der Waals surface area contributed by atoms with Crippen LogP contribution in [-0.4, -0.2) is 56.6 Å². The van der Waals surface area contributed by atoms with Crippen molar-refractivity contribution in [3.63, 3.8) is 0 Å². The van der Waals surface area contributed by atoms with Crippen molar-refractivity contribution in [3.8, 4) is 11.6 Å². The molecule has 1 amide bonds. The summed E-state index contributed by atoms with van der Waals surface area (Å²) in [4.78, 5) is 21.3. The zero-order chi connectivity index (χ0) is 24.3. The number of aryl methyl sites for hydroxylation is 3. The molecule has 2 aromatic rings. The zero-order valence-electron chi connectivity index (χ0n) is 20.2. The maximum atomic E-state index is 12.4. The van der Waals surface area contributed by atoms with Crippen molar-refractivity contribution >= 4 is 27.4 Å². The summed E-state index contributed by atoms with van der Waals surface area (Å²) < 4.78 is 32.7. The number of pyridine rings is 1. The van der Waals surface area contributed by atoms with E-state index in [1.54, 1.807) is 6.07 Å². The van der Waals surface area contributed by atoms with Crippen LogP contribution in [0.15, 0.2) is 24.3 Å². The Morgan fingerprint density at radius 3 is 2.41 bits per heavy atom. The van der Waals surface area contributed by atoms with Crippen molar-refractivity contribution in [2.75, 3.05) is 42.1 Å². The minimum absolute atomic E-state index is 0.126. The second-order valence-corrected chi connectivity index (χ2v) is 12.1. The molecule has 2 saturated heterocycles. The summed E-state index contributed by atoms with van der Waals surface area (Å²) in [5.74, 6) is 2.24. The number of rotatable bonds is 6. The molecule has 1 saturated carbocycles. The Morgan fingerprint density at radius 2 is 1.79 bits per heavy atom. The van der Waals surface area contributed by atoms with Gasteiger partial charge in [-0.1, -0.05) is 17.7 Å². The largest absolute Gasteiger partial charge is 0.436 e. The fraction of sp³-hybridized carbons (Fsp3) is 0.520. The number of sulfonamides is 1. The molecule has 1 spiro atoms. The van der Waals surface area contributed by atoms with Crippen molar-refractivity contribution in [1.29, 1.82) is 0 Å². The number of hydrogen-bond acceptors (Lipinski definition) is 6. The van der Waals surface area contributed by atoms with Crippen LogP contribution in [0.25, 0.3) is 0 Å². The molecule has 2 aliphatic heterocycles. The Hall–Kier alpha value is -2.81. The third kappa shape index (κ3) is 4.58. The number of hydrogen-bond donors (Lipinski definition) is 1. The summed E-state index contributed by atoms with van der Waals surface area (Å²) >= 11 is 0. The average Bonchev–Trinajstić information content (AvgIpc) is 3.47. The van der Waals surface area contributed by atoms with Crippen LogP contribution in [0.5, 0.6) is 11.6 Å². The summed E-state index contributed by atoms with van der Waals surface area (Å²) in [5, 5.41) is 0. The number of likely N-dealkylation sites (tertiary alicyclic amines) is 1. The van der Waals surface area contributed by atoms with Gasteiger partial charge in [-0.25, -0.2) is 8.42 Å². The fourth-order valence-corrected chi connectivity index (χ4v) is 5.84. The van der Waals surface area contributed by atoms with Crippen LogP contribution in [0.1, 0.15) is 36.0 Å². The molecular formula is C25H32N4O4S. The summed E-state index contributed by atoms with van der Waals surface area (Å²) in [6.07, 6.45) is 4.20. The lowest BCUT2D eigenvalue weighted by atomic mass is 9.79. The van der Waals surface area contributed by atoms with E-state index in [-0.39, 0.29) is 17.2 Å². The van der Waals surface area contributed by atoms with Crippen LogP contribution >= 0.6 is 0 Å². The lowest BCUT2D eigenvalue weighted by Gasteiger charge is -2.48. The molecule has 1 aromatic heterocycles. The van der Waals surface area contributed by atoms with E-state index in [9.17, 15) is 13.2 Å². The van der Waals surface area contributed by atoms with Crippen molar-refractivity contribution in [2.45, 2.75) is 40.0 Å². The highest BCUT2D eigenvalue weighted by Crippen LogP contribution is 2.44. The first-order valence-corrected chi connectivity index (χ1v) is 13.7. The maximum absolute atomic E-state index is 12.4. The number of nitrogens with one attached hydrogen (secondary N) is 1. The topological polar surface area (TPSA) is 91.8 Å². The molecule has 1 aromatic carbocycles. The minimum atomic E-state index is -3.50. The fourth-order valence-electron chi connectivity index (χ4n) is 5.28. The minimum Gasteiger partial charge on any atom is -0.436 e. The smallest absolute Gasteiger partial charge is 0.245 e. The van der Waals surface area contributed by atoms with Crippen LogP contribution in [0, 0.1) is 32.1 Å². The van der Waals surface area contributed by atoms with E-state index in [1.807, 2.05) is 43.9 Å². The highest BCUT2D eigenvalue weighted by molar-refractivity contribution is 7.92. The molecule has 0 unspecified atom stereocenters. The molecule has 1 N–H and O–H groups in total. The van der Waals surface area contributed by atoms with E-state index in [4.69, 9.17) is 9.72 Å². The van der Waals surface area contributed by atoms with Gasteiger partial charge < -0.3 is 14.5 Å². The first-order chi connectivity index (χ1) is 16.0. The molecular weight excluding hydrogens is 452 g/mol. The van der Waals surface area contributed by atoms with Gasteiger partial charge in [0.15, 0.2) is 0 Å². The number of carbonyl (C=O) groups is 1. The van der Waals surface area contributed by atoms with E-state index in [0.717, 1.165) is 74.2 Å². The number of carbonyl (C=O) groups excluding carboxylic acids is 1. The maximum Gasteiger partial charge on any atom is 0.245 e. The molecule has 0 radical (unpaired) electrons. The molecule has 0 bridgehead atoms. The Kier molecular flexibility index (Phi) is 5.50. The highest BCUT2D eigenvalue weighted by atomic mass is 32.2. The van der Waals surface area contributed by atoms with E-state index in [0.29, 0.717) is 17.3 Å². The van der Waals surface area contributed by atoms with E-state index >= 15 is 0 Å². The van der Waals surface area contributed by atoms with Crippen molar-refractivity contribution in [3.05, 3.63) is 41.0 Å². The third-order valence-corrected chi connectivity index (χ3v) is 7.59. The molecule has 5 rings (SSSR count). The average molecular weight is 485 g/mol. The van der Waals surface area contributed by atoms with Gasteiger partial charge in [0.2, 0.25) is 21.8 Å². The van der Waals surface area contributed by atoms with Gasteiger partial charge in [0.1, 0.15) is 17.3 Å². The van der Waals surface area contributed by atoms with Crippen molar-refractivity contribution in [2.24, 2.45) is 11.3 Å². The van der Waals surface area contributed by atoms with Gasteiger partial charge in [0.25, 0.3) is 0 Å². The number of anilines is 2. The molecule has 3 heterocycles. The molecule has 8 nitrogen and oxygen atoms in total. The Balaban J connectivity index is 1.38. The van der Waals surface area contributed by atoms with Gasteiger partial charge in [-0.3, -0.25) is 9.52 Å². The molecule has 182 valence electrons. The van der Waals surface area contributed by atoms with E-state index in [2.05, 4.69) is 9.62 Å². The highest BCUT2D eigenvalue weighted by Gasteiger charge is 2.51. The lowest BCUT2D eigenvalue weighted by molar-refractivity contribution is -0.143. The quantitative estimate of drug-likeness (QED) is 0.673. The van der Waals surface area contributed by atoms with Gasteiger partial charge in [-0.05, 0) is 63.3 Å². The molecule has 3 aliphatic rings.